The Hall–Kier alpha value is -4.51. The van der Waals surface area contributed by atoms with Crippen molar-refractivity contribution < 1.29 is 23.9 Å². The second-order valence-electron chi connectivity index (χ2n) is 13.0. The maximum atomic E-state index is 14.0. The van der Waals surface area contributed by atoms with E-state index in [9.17, 15) is 19.2 Å². The quantitative estimate of drug-likeness (QED) is 0.318. The van der Waals surface area contributed by atoms with Gasteiger partial charge in [0.2, 0.25) is 17.7 Å². The van der Waals surface area contributed by atoms with Gasteiger partial charge in [0, 0.05) is 51.3 Å². The maximum absolute atomic E-state index is 14.0. The number of aromatic nitrogens is 2. The minimum Gasteiger partial charge on any atom is -0.371 e. The molecular formula is C35H44N6O5. The molecule has 3 aromatic rings. The minimum atomic E-state index is -0.946. The van der Waals surface area contributed by atoms with Crippen LogP contribution in [0.3, 0.4) is 0 Å². The third-order valence-corrected chi connectivity index (χ3v) is 8.92. The Labute approximate surface area is 270 Å². The standard InChI is InChI=1S/C35H44N6O5/c1-24(2)15-30(42)40-22-35(23-40)21-39(34(45)28-16-37-41(18-28)17-26-11-7-5-8-12-26)19-29(35)32(43)38-31(33(44)36-4)25(3)46-20-27-13-9-6-10-14-27/h5-14,16,18,24-25,29,31H,15,17,19-23H2,1-4H3,(H,36,44)(H,38,43)/t25-,29+,31+/m1/s1. The van der Waals surface area contributed by atoms with Crippen molar-refractivity contribution in [2.45, 2.75) is 52.5 Å². The van der Waals surface area contributed by atoms with Gasteiger partial charge in [0.25, 0.3) is 5.91 Å². The van der Waals surface area contributed by atoms with E-state index in [4.69, 9.17) is 4.74 Å². The summed E-state index contributed by atoms with van der Waals surface area (Å²) in [6.07, 6.45) is 3.07. The van der Waals surface area contributed by atoms with Crippen molar-refractivity contribution >= 4 is 23.6 Å². The number of hydrogen-bond acceptors (Lipinski definition) is 6. The fourth-order valence-electron chi connectivity index (χ4n) is 6.39. The zero-order chi connectivity index (χ0) is 32.8. The van der Waals surface area contributed by atoms with Crippen LogP contribution in [-0.2, 0) is 32.3 Å². The molecule has 11 heteroatoms. The second kappa shape index (κ2) is 14.3. The van der Waals surface area contributed by atoms with E-state index in [1.165, 1.54) is 7.05 Å². The van der Waals surface area contributed by atoms with Gasteiger partial charge in [-0.15, -0.1) is 0 Å². The van der Waals surface area contributed by atoms with Crippen LogP contribution in [0.4, 0.5) is 0 Å². The van der Waals surface area contributed by atoms with Gasteiger partial charge in [-0.25, -0.2) is 0 Å². The number of ether oxygens (including phenoxy) is 1. The molecule has 1 spiro atoms. The molecule has 11 nitrogen and oxygen atoms in total. The maximum Gasteiger partial charge on any atom is 0.257 e. The SMILES string of the molecule is CNC(=O)[C@@H](NC(=O)[C@@H]1CN(C(=O)c2cnn(Cc3ccccc3)c2)CC12CN(C(=O)CC(C)C)C2)[C@@H](C)OCc1ccccc1. The molecule has 2 N–H and O–H groups in total. The lowest BCUT2D eigenvalue weighted by Crippen LogP contribution is -2.65. The van der Waals surface area contributed by atoms with Crippen LogP contribution in [0.5, 0.6) is 0 Å². The molecule has 0 unspecified atom stereocenters. The van der Waals surface area contributed by atoms with Gasteiger partial charge in [-0.3, -0.25) is 23.9 Å². The number of amides is 4. The van der Waals surface area contributed by atoms with Crippen molar-refractivity contribution in [1.29, 1.82) is 0 Å². The molecule has 2 aliphatic rings. The van der Waals surface area contributed by atoms with E-state index in [2.05, 4.69) is 15.7 Å². The minimum absolute atomic E-state index is 0.0397. The summed E-state index contributed by atoms with van der Waals surface area (Å²) < 4.78 is 7.74. The monoisotopic (exact) mass is 628 g/mol. The van der Waals surface area contributed by atoms with Gasteiger partial charge in [0.1, 0.15) is 6.04 Å². The van der Waals surface area contributed by atoms with Crippen molar-refractivity contribution in [3.05, 3.63) is 89.7 Å². The Morgan fingerprint density at radius 2 is 1.57 bits per heavy atom. The number of nitrogens with one attached hydrogen (secondary N) is 2. The third kappa shape index (κ3) is 7.47. The Morgan fingerprint density at radius 3 is 2.20 bits per heavy atom. The summed E-state index contributed by atoms with van der Waals surface area (Å²) in [6.45, 7) is 7.80. The number of likely N-dealkylation sites (N-methyl/N-ethyl adjacent to an activating group) is 1. The lowest BCUT2D eigenvalue weighted by atomic mass is 9.70. The van der Waals surface area contributed by atoms with E-state index in [0.717, 1.165) is 11.1 Å². The average molecular weight is 629 g/mol. The molecular weight excluding hydrogens is 584 g/mol. The van der Waals surface area contributed by atoms with Crippen molar-refractivity contribution in [2.75, 3.05) is 33.2 Å². The zero-order valence-electron chi connectivity index (χ0n) is 27.0. The summed E-state index contributed by atoms with van der Waals surface area (Å²) in [5, 5.41) is 9.98. The molecule has 0 saturated carbocycles. The lowest BCUT2D eigenvalue weighted by molar-refractivity contribution is -0.151. The van der Waals surface area contributed by atoms with Crippen LogP contribution in [-0.4, -0.2) is 88.6 Å². The smallest absolute Gasteiger partial charge is 0.257 e. The predicted molar refractivity (Wildman–Crippen MR) is 172 cm³/mol. The zero-order valence-corrected chi connectivity index (χ0v) is 27.0. The van der Waals surface area contributed by atoms with Crippen molar-refractivity contribution in [3.63, 3.8) is 0 Å². The first-order chi connectivity index (χ1) is 22.1. The highest BCUT2D eigenvalue weighted by atomic mass is 16.5. The first-order valence-corrected chi connectivity index (χ1v) is 15.9. The molecule has 3 atom stereocenters. The van der Waals surface area contributed by atoms with Crippen LogP contribution in [0.25, 0.3) is 0 Å². The van der Waals surface area contributed by atoms with Gasteiger partial charge < -0.3 is 25.2 Å². The molecule has 244 valence electrons. The Morgan fingerprint density at radius 1 is 0.935 bits per heavy atom. The molecule has 0 aliphatic carbocycles. The van der Waals surface area contributed by atoms with Crippen LogP contribution in [0, 0.1) is 17.3 Å². The molecule has 4 amide bonds. The van der Waals surface area contributed by atoms with Crippen LogP contribution in [0.1, 0.15) is 48.7 Å². The molecule has 3 heterocycles. The molecule has 2 aromatic carbocycles. The molecule has 2 saturated heterocycles. The highest BCUT2D eigenvalue weighted by molar-refractivity contribution is 5.95. The van der Waals surface area contributed by atoms with Gasteiger partial charge in [-0.1, -0.05) is 74.5 Å². The van der Waals surface area contributed by atoms with E-state index < -0.39 is 23.5 Å². The summed E-state index contributed by atoms with van der Waals surface area (Å²) in [7, 11) is 1.52. The Kier molecular flexibility index (Phi) is 10.2. The van der Waals surface area contributed by atoms with Crippen molar-refractivity contribution in [1.82, 2.24) is 30.2 Å². The fraction of sp³-hybridized carbons (Fsp3) is 0.457. The Balaban J connectivity index is 1.31. The first kappa shape index (κ1) is 32.9. The number of hydrogen-bond donors (Lipinski definition) is 2. The lowest BCUT2D eigenvalue weighted by Gasteiger charge is -2.50. The number of benzene rings is 2. The van der Waals surface area contributed by atoms with Crippen LogP contribution >= 0.6 is 0 Å². The van der Waals surface area contributed by atoms with Crippen LogP contribution < -0.4 is 10.6 Å². The van der Waals surface area contributed by atoms with Gasteiger partial charge >= 0.3 is 0 Å². The normalized spacial score (nSPS) is 18.2. The van der Waals surface area contributed by atoms with Crippen LogP contribution in [0.15, 0.2) is 73.1 Å². The van der Waals surface area contributed by atoms with Crippen molar-refractivity contribution in [3.8, 4) is 0 Å². The highest BCUT2D eigenvalue weighted by Crippen LogP contribution is 2.45. The van der Waals surface area contributed by atoms with E-state index in [1.54, 1.807) is 33.8 Å². The summed E-state index contributed by atoms with van der Waals surface area (Å²) in [4.78, 5) is 57.1. The Bertz CT molecular complexity index is 1520. The third-order valence-electron chi connectivity index (χ3n) is 8.92. The summed E-state index contributed by atoms with van der Waals surface area (Å²) in [6, 6.07) is 18.5. The van der Waals surface area contributed by atoms with E-state index in [1.807, 2.05) is 74.5 Å². The average Bonchev–Trinajstić information content (AvgIpc) is 3.67. The summed E-state index contributed by atoms with van der Waals surface area (Å²) in [5.74, 6) is -1.30. The molecule has 5 rings (SSSR count). The van der Waals surface area contributed by atoms with E-state index in [0.29, 0.717) is 38.2 Å². The number of likely N-dealkylation sites (tertiary alicyclic amines) is 2. The number of carbonyl (C=O) groups excluding carboxylic acids is 4. The molecule has 0 bridgehead atoms. The summed E-state index contributed by atoms with van der Waals surface area (Å²) in [5.41, 5.74) is 1.83. The highest BCUT2D eigenvalue weighted by Gasteiger charge is 2.59. The van der Waals surface area contributed by atoms with Gasteiger partial charge in [0.05, 0.1) is 36.9 Å². The van der Waals surface area contributed by atoms with Gasteiger partial charge in [-0.05, 0) is 24.0 Å². The fourth-order valence-corrected chi connectivity index (χ4v) is 6.39. The molecule has 2 fully saturated rings. The van der Waals surface area contributed by atoms with Crippen LogP contribution in [0.2, 0.25) is 0 Å². The molecule has 2 aliphatic heterocycles. The topological polar surface area (TPSA) is 126 Å². The molecule has 46 heavy (non-hydrogen) atoms. The predicted octanol–water partition coefficient (Wildman–Crippen LogP) is 2.71. The largest absolute Gasteiger partial charge is 0.371 e. The summed E-state index contributed by atoms with van der Waals surface area (Å²) >= 11 is 0. The number of carbonyl (C=O) groups is 4. The van der Waals surface area contributed by atoms with Crippen molar-refractivity contribution in [2.24, 2.45) is 17.3 Å². The molecule has 0 radical (unpaired) electrons. The molecule has 1 aromatic heterocycles. The number of rotatable bonds is 12. The van der Waals surface area contributed by atoms with Gasteiger partial charge in [0.15, 0.2) is 0 Å². The first-order valence-electron chi connectivity index (χ1n) is 15.9. The van der Waals surface area contributed by atoms with Gasteiger partial charge in [-0.2, -0.15) is 5.10 Å². The second-order valence-corrected chi connectivity index (χ2v) is 13.0. The van der Waals surface area contributed by atoms with E-state index >= 15 is 0 Å². The number of nitrogens with zero attached hydrogens (tertiary/aromatic N) is 4. The van der Waals surface area contributed by atoms with E-state index in [-0.39, 0.29) is 42.7 Å².